The van der Waals surface area contributed by atoms with Gasteiger partial charge in [0.2, 0.25) is 0 Å². The fraction of sp³-hybridized carbons (Fsp3) is 0.273. The molecule has 0 fully saturated rings. The van der Waals surface area contributed by atoms with Gasteiger partial charge >= 0.3 is 5.97 Å². The van der Waals surface area contributed by atoms with Gasteiger partial charge in [-0.2, -0.15) is 0 Å². The number of hydrogen-bond donors (Lipinski definition) is 0. The van der Waals surface area contributed by atoms with E-state index in [9.17, 15) is 4.79 Å². The van der Waals surface area contributed by atoms with Crippen LogP contribution in [0.15, 0.2) is 24.5 Å². The van der Waals surface area contributed by atoms with Gasteiger partial charge < -0.3 is 9.47 Å². The van der Waals surface area contributed by atoms with Crippen molar-refractivity contribution < 1.29 is 14.3 Å². The van der Waals surface area contributed by atoms with Gasteiger partial charge in [-0.05, 0) is 17.2 Å². The van der Waals surface area contributed by atoms with Gasteiger partial charge in [0.15, 0.2) is 0 Å². The van der Waals surface area contributed by atoms with Crippen LogP contribution in [0, 0.1) is 0 Å². The van der Waals surface area contributed by atoms with E-state index >= 15 is 0 Å². The third kappa shape index (κ3) is 2.05. The minimum absolute atomic E-state index is 0.371. The number of rotatable bonds is 2. The number of carbonyl (C=O) groups excluding carboxylic acids is 1. The molecule has 0 radical (unpaired) electrons. The van der Waals surface area contributed by atoms with E-state index in [1.165, 1.54) is 13.3 Å². The van der Waals surface area contributed by atoms with E-state index in [-0.39, 0.29) is 5.97 Å². The Morgan fingerprint density at radius 3 is 3.07 bits per heavy atom. The molecule has 0 aliphatic carbocycles. The topological polar surface area (TPSA) is 48.4 Å². The predicted octanol–water partition coefficient (Wildman–Crippen LogP) is 1.28. The van der Waals surface area contributed by atoms with E-state index in [1.54, 1.807) is 12.3 Å². The zero-order chi connectivity index (χ0) is 10.7. The number of esters is 1. The molecule has 0 saturated heterocycles. The molecule has 1 aromatic heterocycles. The van der Waals surface area contributed by atoms with Crippen molar-refractivity contribution in [1.82, 2.24) is 4.98 Å². The molecule has 0 atom stereocenters. The quantitative estimate of drug-likeness (QED) is 0.682. The van der Waals surface area contributed by atoms with Crippen LogP contribution in [0.5, 0.6) is 0 Å². The average molecular weight is 205 g/mol. The van der Waals surface area contributed by atoms with Crippen LogP contribution in [0.25, 0.3) is 5.57 Å². The third-order valence-corrected chi connectivity index (χ3v) is 2.24. The molecule has 1 aliphatic heterocycles. The summed E-state index contributed by atoms with van der Waals surface area (Å²) in [6.45, 7) is 1.20. The second-order valence-electron chi connectivity index (χ2n) is 3.20. The molecule has 15 heavy (non-hydrogen) atoms. The molecule has 78 valence electrons. The molecular formula is C11H11NO3. The SMILES string of the molecule is COC(=O)c1cncc(C2=CCOC2)c1. The van der Waals surface area contributed by atoms with Gasteiger partial charge in [0.25, 0.3) is 0 Å². The van der Waals surface area contributed by atoms with Crippen LogP contribution in [-0.4, -0.2) is 31.3 Å². The van der Waals surface area contributed by atoms with Gasteiger partial charge in [-0.1, -0.05) is 6.08 Å². The third-order valence-electron chi connectivity index (χ3n) is 2.24. The van der Waals surface area contributed by atoms with E-state index in [0.717, 1.165) is 11.1 Å². The molecule has 0 amide bonds. The van der Waals surface area contributed by atoms with Crippen molar-refractivity contribution in [3.05, 3.63) is 35.7 Å². The molecule has 0 bridgehead atoms. The molecule has 1 aromatic rings. The first-order chi connectivity index (χ1) is 7.31. The highest BCUT2D eigenvalue weighted by molar-refractivity contribution is 5.90. The molecule has 0 spiro atoms. The fourth-order valence-corrected chi connectivity index (χ4v) is 1.43. The number of pyridine rings is 1. The second-order valence-corrected chi connectivity index (χ2v) is 3.20. The number of carbonyl (C=O) groups is 1. The van der Waals surface area contributed by atoms with E-state index in [1.807, 2.05) is 6.08 Å². The number of aromatic nitrogens is 1. The lowest BCUT2D eigenvalue weighted by molar-refractivity contribution is 0.0600. The fourth-order valence-electron chi connectivity index (χ4n) is 1.43. The Balaban J connectivity index is 2.30. The van der Waals surface area contributed by atoms with Crippen molar-refractivity contribution in [2.75, 3.05) is 20.3 Å². The number of nitrogens with zero attached hydrogens (tertiary/aromatic N) is 1. The summed E-state index contributed by atoms with van der Waals surface area (Å²) in [4.78, 5) is 15.3. The van der Waals surface area contributed by atoms with Crippen LogP contribution in [0.3, 0.4) is 0 Å². The summed E-state index contributed by atoms with van der Waals surface area (Å²) in [5, 5.41) is 0. The molecule has 0 N–H and O–H groups in total. The normalized spacial score (nSPS) is 14.9. The number of methoxy groups -OCH3 is 1. The standard InChI is InChI=1S/C11H11NO3/c1-14-11(13)10-4-9(5-12-6-10)8-2-3-15-7-8/h2,4-6H,3,7H2,1H3. The maximum Gasteiger partial charge on any atom is 0.339 e. The van der Waals surface area contributed by atoms with Gasteiger partial charge in [0.05, 0.1) is 25.9 Å². The first-order valence-corrected chi connectivity index (χ1v) is 4.62. The molecule has 0 saturated carbocycles. The highest BCUT2D eigenvalue weighted by atomic mass is 16.5. The second kappa shape index (κ2) is 4.23. The monoisotopic (exact) mass is 205 g/mol. The molecule has 2 heterocycles. The minimum Gasteiger partial charge on any atom is -0.465 e. The first-order valence-electron chi connectivity index (χ1n) is 4.62. The molecule has 4 nitrogen and oxygen atoms in total. The summed E-state index contributed by atoms with van der Waals surface area (Å²) in [7, 11) is 1.35. The highest BCUT2D eigenvalue weighted by Gasteiger charge is 2.11. The van der Waals surface area contributed by atoms with Gasteiger partial charge in [-0.25, -0.2) is 4.79 Å². The van der Waals surface area contributed by atoms with Crippen LogP contribution in [0.2, 0.25) is 0 Å². The van der Waals surface area contributed by atoms with Gasteiger partial charge in [0, 0.05) is 12.4 Å². The highest BCUT2D eigenvalue weighted by Crippen LogP contribution is 2.19. The Bertz CT molecular complexity index is 412. The summed E-state index contributed by atoms with van der Waals surface area (Å²) in [5.41, 5.74) is 2.44. The molecule has 4 heteroatoms. The Morgan fingerprint density at radius 2 is 2.40 bits per heavy atom. The summed E-state index contributed by atoms with van der Waals surface area (Å²) >= 11 is 0. The molecular weight excluding hydrogens is 194 g/mol. The van der Waals surface area contributed by atoms with Crippen molar-refractivity contribution in [2.24, 2.45) is 0 Å². The summed E-state index contributed by atoms with van der Waals surface area (Å²) in [6, 6.07) is 1.76. The lowest BCUT2D eigenvalue weighted by Crippen LogP contribution is -2.02. The van der Waals surface area contributed by atoms with Crippen LogP contribution >= 0.6 is 0 Å². The van der Waals surface area contributed by atoms with Crippen molar-refractivity contribution in [1.29, 1.82) is 0 Å². The van der Waals surface area contributed by atoms with E-state index in [4.69, 9.17) is 4.74 Å². The summed E-state index contributed by atoms with van der Waals surface area (Å²) < 4.78 is 9.83. The summed E-state index contributed by atoms with van der Waals surface area (Å²) in [6.07, 6.45) is 5.19. The first kappa shape index (κ1) is 9.86. The van der Waals surface area contributed by atoms with Crippen LogP contribution in [-0.2, 0) is 9.47 Å². The van der Waals surface area contributed by atoms with E-state index in [0.29, 0.717) is 18.8 Å². The van der Waals surface area contributed by atoms with Crippen molar-refractivity contribution in [3.8, 4) is 0 Å². The van der Waals surface area contributed by atoms with Crippen molar-refractivity contribution >= 4 is 11.5 Å². The Labute approximate surface area is 87.5 Å². The van der Waals surface area contributed by atoms with Crippen LogP contribution < -0.4 is 0 Å². The van der Waals surface area contributed by atoms with Gasteiger partial charge in [0.1, 0.15) is 0 Å². The lowest BCUT2D eigenvalue weighted by atomic mass is 10.1. The Hall–Kier alpha value is -1.68. The maximum atomic E-state index is 11.3. The molecule has 0 unspecified atom stereocenters. The molecule has 0 aromatic carbocycles. The maximum absolute atomic E-state index is 11.3. The van der Waals surface area contributed by atoms with Gasteiger partial charge in [-0.3, -0.25) is 4.98 Å². The smallest absolute Gasteiger partial charge is 0.339 e. The summed E-state index contributed by atoms with van der Waals surface area (Å²) in [5.74, 6) is -0.371. The van der Waals surface area contributed by atoms with E-state index in [2.05, 4.69) is 9.72 Å². The number of hydrogen-bond acceptors (Lipinski definition) is 4. The zero-order valence-corrected chi connectivity index (χ0v) is 8.40. The van der Waals surface area contributed by atoms with Crippen LogP contribution in [0.1, 0.15) is 15.9 Å². The molecule has 1 aliphatic rings. The lowest BCUT2D eigenvalue weighted by Gasteiger charge is -2.03. The predicted molar refractivity (Wildman–Crippen MR) is 54.4 cm³/mol. The average Bonchev–Trinajstić information content (AvgIpc) is 2.82. The number of ether oxygens (including phenoxy) is 2. The van der Waals surface area contributed by atoms with Crippen molar-refractivity contribution in [2.45, 2.75) is 0 Å². The molecule has 2 rings (SSSR count). The van der Waals surface area contributed by atoms with E-state index < -0.39 is 0 Å². The largest absolute Gasteiger partial charge is 0.465 e. The zero-order valence-electron chi connectivity index (χ0n) is 8.40. The van der Waals surface area contributed by atoms with Crippen molar-refractivity contribution in [3.63, 3.8) is 0 Å². The Kier molecular flexibility index (Phi) is 2.78. The minimum atomic E-state index is -0.371. The van der Waals surface area contributed by atoms with Crippen LogP contribution in [0.4, 0.5) is 0 Å². The van der Waals surface area contributed by atoms with Gasteiger partial charge in [-0.15, -0.1) is 0 Å². The Morgan fingerprint density at radius 1 is 1.53 bits per heavy atom.